The molecule has 1 aromatic heterocycles. The number of amides is 1. The number of aromatic nitrogens is 1. The lowest BCUT2D eigenvalue weighted by Gasteiger charge is -2.23. The number of likely N-dealkylation sites (tertiary alicyclic amines) is 1. The molecule has 0 bridgehead atoms. The van der Waals surface area contributed by atoms with Crippen LogP contribution in [-0.2, 0) is 6.42 Å². The molecule has 1 atom stereocenters. The number of anilines is 1. The van der Waals surface area contributed by atoms with Crippen molar-refractivity contribution in [2.24, 2.45) is 0 Å². The van der Waals surface area contributed by atoms with Gasteiger partial charge in [0.05, 0.1) is 0 Å². The highest BCUT2D eigenvalue weighted by atomic mass is 16.1. The fourth-order valence-electron chi connectivity index (χ4n) is 2.78. The van der Waals surface area contributed by atoms with Crippen LogP contribution in [-0.4, -0.2) is 41.5 Å². The number of nitrogens with zero attached hydrogens (tertiary/aromatic N) is 2. The first-order chi connectivity index (χ1) is 10.1. The summed E-state index contributed by atoms with van der Waals surface area (Å²) >= 11 is 0. The molecular weight excluding hydrogens is 264 g/mol. The second-order valence-corrected chi connectivity index (χ2v) is 5.82. The summed E-state index contributed by atoms with van der Waals surface area (Å²) in [6.45, 7) is 7.20. The molecule has 1 aliphatic rings. The van der Waals surface area contributed by atoms with Gasteiger partial charge in [0.25, 0.3) is 5.91 Å². The molecule has 21 heavy (non-hydrogen) atoms. The summed E-state index contributed by atoms with van der Waals surface area (Å²) in [5.74, 6) is 0.353. The molecular formula is C16H26N4O. The quantitative estimate of drug-likeness (QED) is 0.838. The van der Waals surface area contributed by atoms with Gasteiger partial charge in [-0.3, -0.25) is 9.69 Å². The van der Waals surface area contributed by atoms with Gasteiger partial charge < -0.3 is 11.1 Å². The van der Waals surface area contributed by atoms with Crippen molar-refractivity contribution in [1.29, 1.82) is 0 Å². The van der Waals surface area contributed by atoms with E-state index in [4.69, 9.17) is 5.73 Å². The number of pyridine rings is 1. The maximum atomic E-state index is 12.3. The van der Waals surface area contributed by atoms with Crippen LogP contribution in [0.25, 0.3) is 0 Å². The van der Waals surface area contributed by atoms with Gasteiger partial charge >= 0.3 is 0 Å². The van der Waals surface area contributed by atoms with Gasteiger partial charge in [-0.1, -0.05) is 13.3 Å². The predicted octanol–water partition coefficient (Wildman–Crippen LogP) is 1.83. The van der Waals surface area contributed by atoms with Crippen LogP contribution in [0.5, 0.6) is 0 Å². The number of carbonyl (C=O) groups is 1. The van der Waals surface area contributed by atoms with Crippen molar-refractivity contribution >= 4 is 11.7 Å². The van der Waals surface area contributed by atoms with E-state index in [0.717, 1.165) is 31.6 Å². The van der Waals surface area contributed by atoms with E-state index in [1.165, 1.54) is 12.8 Å². The summed E-state index contributed by atoms with van der Waals surface area (Å²) in [5, 5.41) is 3.01. The maximum Gasteiger partial charge on any atom is 0.251 e. The second kappa shape index (κ2) is 7.41. The summed E-state index contributed by atoms with van der Waals surface area (Å²) < 4.78 is 0. The highest BCUT2D eigenvalue weighted by molar-refractivity contribution is 5.94. The lowest BCUT2D eigenvalue weighted by Crippen LogP contribution is -2.40. The summed E-state index contributed by atoms with van der Waals surface area (Å²) in [6.07, 6.45) is 4.36. The standard InChI is InChI=1S/C16H26N4O/c1-3-6-14-9-13(10-15(17)19-14)16(21)18-11-12(2)20-7-4-5-8-20/h9-10,12H,3-8,11H2,1-2H3,(H2,17,19)(H,18,21). The van der Waals surface area contributed by atoms with E-state index in [9.17, 15) is 4.79 Å². The van der Waals surface area contributed by atoms with Gasteiger partial charge in [-0.2, -0.15) is 0 Å². The van der Waals surface area contributed by atoms with Crippen LogP contribution in [0.15, 0.2) is 12.1 Å². The van der Waals surface area contributed by atoms with Crippen LogP contribution >= 0.6 is 0 Å². The van der Waals surface area contributed by atoms with Gasteiger partial charge in [0, 0.05) is 23.8 Å². The van der Waals surface area contributed by atoms with Crippen molar-refractivity contribution in [1.82, 2.24) is 15.2 Å². The first-order valence-corrected chi connectivity index (χ1v) is 7.89. The van der Waals surface area contributed by atoms with E-state index in [2.05, 4.69) is 29.0 Å². The summed E-state index contributed by atoms with van der Waals surface area (Å²) in [6, 6.07) is 3.87. The minimum absolute atomic E-state index is 0.0625. The highest BCUT2D eigenvalue weighted by Crippen LogP contribution is 2.12. The number of carbonyl (C=O) groups excluding carboxylic acids is 1. The van der Waals surface area contributed by atoms with E-state index in [0.29, 0.717) is 24.0 Å². The number of hydrogen-bond donors (Lipinski definition) is 2. The van der Waals surface area contributed by atoms with E-state index in [1.807, 2.05) is 6.07 Å². The largest absolute Gasteiger partial charge is 0.384 e. The molecule has 116 valence electrons. The number of nitrogens with one attached hydrogen (secondary N) is 1. The van der Waals surface area contributed by atoms with E-state index >= 15 is 0 Å². The lowest BCUT2D eigenvalue weighted by atomic mass is 10.1. The van der Waals surface area contributed by atoms with Crippen molar-refractivity contribution in [2.45, 2.75) is 45.6 Å². The number of nitrogen functional groups attached to an aromatic ring is 1. The van der Waals surface area contributed by atoms with Gasteiger partial charge in [-0.15, -0.1) is 0 Å². The zero-order valence-corrected chi connectivity index (χ0v) is 13.1. The predicted molar refractivity (Wildman–Crippen MR) is 85.2 cm³/mol. The Morgan fingerprint density at radius 3 is 2.81 bits per heavy atom. The monoisotopic (exact) mass is 290 g/mol. The molecule has 1 amide bonds. The fourth-order valence-corrected chi connectivity index (χ4v) is 2.78. The Kier molecular flexibility index (Phi) is 5.56. The average Bonchev–Trinajstić information content (AvgIpc) is 2.98. The molecule has 5 nitrogen and oxygen atoms in total. The molecule has 0 aromatic carbocycles. The lowest BCUT2D eigenvalue weighted by molar-refractivity contribution is 0.0940. The Bertz CT molecular complexity index is 483. The van der Waals surface area contributed by atoms with Gasteiger partial charge in [0.1, 0.15) is 5.82 Å². The second-order valence-electron chi connectivity index (χ2n) is 5.82. The number of aryl methyl sites for hydroxylation is 1. The molecule has 5 heteroatoms. The molecule has 0 aliphatic carbocycles. The summed E-state index contributed by atoms with van der Waals surface area (Å²) in [5.41, 5.74) is 7.28. The first kappa shape index (κ1) is 15.8. The Morgan fingerprint density at radius 2 is 2.14 bits per heavy atom. The van der Waals surface area contributed by atoms with E-state index in [-0.39, 0.29) is 5.91 Å². The summed E-state index contributed by atoms with van der Waals surface area (Å²) in [4.78, 5) is 18.9. The van der Waals surface area contributed by atoms with Crippen LogP contribution in [0, 0.1) is 0 Å². The molecule has 0 radical (unpaired) electrons. The van der Waals surface area contributed by atoms with Gasteiger partial charge in [-0.25, -0.2) is 4.98 Å². The molecule has 1 fully saturated rings. The van der Waals surface area contributed by atoms with Crippen molar-refractivity contribution in [3.05, 3.63) is 23.4 Å². The SMILES string of the molecule is CCCc1cc(C(=O)NCC(C)N2CCCC2)cc(N)n1. The van der Waals surface area contributed by atoms with Gasteiger partial charge in [0.15, 0.2) is 0 Å². The highest BCUT2D eigenvalue weighted by Gasteiger charge is 2.18. The molecule has 0 spiro atoms. The van der Waals surface area contributed by atoms with Crippen LogP contribution in [0.1, 0.15) is 49.2 Å². The molecule has 0 saturated carbocycles. The van der Waals surface area contributed by atoms with E-state index < -0.39 is 0 Å². The normalized spacial score (nSPS) is 16.9. The Labute approximate surface area is 126 Å². The summed E-state index contributed by atoms with van der Waals surface area (Å²) in [7, 11) is 0. The smallest absolute Gasteiger partial charge is 0.251 e. The molecule has 1 aliphatic heterocycles. The van der Waals surface area contributed by atoms with Gasteiger partial charge in [-0.05, 0) is 51.4 Å². The minimum Gasteiger partial charge on any atom is -0.384 e. The average molecular weight is 290 g/mol. The fraction of sp³-hybridized carbons (Fsp3) is 0.625. The van der Waals surface area contributed by atoms with Crippen LogP contribution in [0.2, 0.25) is 0 Å². The number of nitrogens with two attached hydrogens (primary N) is 1. The zero-order valence-electron chi connectivity index (χ0n) is 13.1. The Hall–Kier alpha value is -1.62. The van der Waals surface area contributed by atoms with E-state index in [1.54, 1.807) is 6.07 Å². The van der Waals surface area contributed by atoms with Crippen molar-refractivity contribution in [2.75, 3.05) is 25.4 Å². The van der Waals surface area contributed by atoms with Gasteiger partial charge in [0.2, 0.25) is 0 Å². The number of rotatable bonds is 6. The van der Waals surface area contributed by atoms with Crippen molar-refractivity contribution in [3.63, 3.8) is 0 Å². The number of hydrogen-bond acceptors (Lipinski definition) is 4. The molecule has 1 aromatic rings. The van der Waals surface area contributed by atoms with Crippen LogP contribution in [0.4, 0.5) is 5.82 Å². The molecule has 1 unspecified atom stereocenters. The first-order valence-electron chi connectivity index (χ1n) is 7.89. The molecule has 3 N–H and O–H groups in total. The third-order valence-corrected chi connectivity index (χ3v) is 3.99. The topological polar surface area (TPSA) is 71.2 Å². The molecule has 1 saturated heterocycles. The van der Waals surface area contributed by atoms with Crippen molar-refractivity contribution < 1.29 is 4.79 Å². The third-order valence-electron chi connectivity index (χ3n) is 3.99. The Morgan fingerprint density at radius 1 is 1.43 bits per heavy atom. The van der Waals surface area contributed by atoms with Crippen LogP contribution in [0.3, 0.4) is 0 Å². The minimum atomic E-state index is -0.0625. The Balaban J connectivity index is 1.93. The maximum absolute atomic E-state index is 12.3. The van der Waals surface area contributed by atoms with Crippen LogP contribution < -0.4 is 11.1 Å². The third kappa shape index (κ3) is 4.43. The zero-order chi connectivity index (χ0) is 15.2. The molecule has 2 rings (SSSR count). The molecule has 2 heterocycles. The van der Waals surface area contributed by atoms with Crippen molar-refractivity contribution in [3.8, 4) is 0 Å².